The monoisotopic (exact) mass is 330 g/mol. The number of esters is 1. The molecule has 0 atom stereocenters. The summed E-state index contributed by atoms with van der Waals surface area (Å²) in [6.45, 7) is 2.05. The van der Waals surface area contributed by atoms with E-state index in [9.17, 15) is 13.2 Å². The van der Waals surface area contributed by atoms with Gasteiger partial charge in [0.1, 0.15) is 0 Å². The second kappa shape index (κ2) is 7.74. The maximum absolute atomic E-state index is 12.4. The lowest BCUT2D eigenvalue weighted by Gasteiger charge is -2.05. The van der Waals surface area contributed by atoms with Crippen LogP contribution in [0.3, 0.4) is 0 Å². The molecule has 0 aliphatic rings. The van der Waals surface area contributed by atoms with Crippen molar-refractivity contribution in [3.8, 4) is 0 Å². The first kappa shape index (κ1) is 17.0. The Labute approximate surface area is 136 Å². The van der Waals surface area contributed by atoms with Crippen molar-refractivity contribution in [1.29, 1.82) is 0 Å². The molecule has 2 aromatic carbocycles. The van der Waals surface area contributed by atoms with Crippen molar-refractivity contribution < 1.29 is 17.9 Å². The van der Waals surface area contributed by atoms with Gasteiger partial charge >= 0.3 is 5.97 Å². The Morgan fingerprint density at radius 1 is 1.04 bits per heavy atom. The molecular formula is C18H18O4S. The van der Waals surface area contributed by atoms with Crippen molar-refractivity contribution >= 4 is 21.9 Å². The average Bonchev–Trinajstić information content (AvgIpc) is 2.54. The molecule has 120 valence electrons. The molecule has 0 spiro atoms. The quantitative estimate of drug-likeness (QED) is 0.602. The van der Waals surface area contributed by atoms with Crippen molar-refractivity contribution in [3.63, 3.8) is 0 Å². The van der Waals surface area contributed by atoms with Crippen molar-refractivity contribution in [2.75, 3.05) is 6.61 Å². The summed E-state index contributed by atoms with van der Waals surface area (Å²) in [5, 5.41) is 0. The van der Waals surface area contributed by atoms with Gasteiger partial charge in [0.15, 0.2) is 9.84 Å². The minimum atomic E-state index is -3.39. The lowest BCUT2D eigenvalue weighted by molar-refractivity contribution is -0.137. The highest BCUT2D eigenvalue weighted by Gasteiger charge is 2.14. The Morgan fingerprint density at radius 3 is 2.30 bits per heavy atom. The highest BCUT2D eigenvalue weighted by atomic mass is 32.2. The molecule has 4 nitrogen and oxygen atoms in total. The number of hydrogen-bond acceptors (Lipinski definition) is 4. The van der Waals surface area contributed by atoms with E-state index >= 15 is 0 Å². The van der Waals surface area contributed by atoms with Gasteiger partial charge in [-0.05, 0) is 36.3 Å². The highest BCUT2D eigenvalue weighted by molar-refractivity contribution is 7.90. The molecule has 2 rings (SSSR count). The first-order valence-electron chi connectivity index (χ1n) is 7.23. The minimum Gasteiger partial charge on any atom is -0.463 e. The normalized spacial score (nSPS) is 11.5. The summed E-state index contributed by atoms with van der Waals surface area (Å²) < 4.78 is 29.5. The van der Waals surface area contributed by atoms with E-state index in [0.717, 1.165) is 11.1 Å². The number of carbonyl (C=O) groups excluding carboxylic acids is 1. The van der Waals surface area contributed by atoms with Crippen molar-refractivity contribution in [2.45, 2.75) is 17.6 Å². The molecule has 0 fully saturated rings. The van der Waals surface area contributed by atoms with E-state index < -0.39 is 15.8 Å². The molecule has 23 heavy (non-hydrogen) atoms. The predicted molar refractivity (Wildman–Crippen MR) is 89.4 cm³/mol. The molecule has 0 unspecified atom stereocenters. The largest absolute Gasteiger partial charge is 0.463 e. The lowest BCUT2D eigenvalue weighted by atomic mass is 10.2. The van der Waals surface area contributed by atoms with Crippen LogP contribution >= 0.6 is 0 Å². The summed E-state index contributed by atoms with van der Waals surface area (Å²) in [7, 11) is -3.39. The molecule has 0 aliphatic heterocycles. The molecule has 0 saturated carbocycles. The maximum Gasteiger partial charge on any atom is 0.330 e. The van der Waals surface area contributed by atoms with E-state index in [-0.39, 0.29) is 10.6 Å². The molecule has 0 amide bonds. The Balaban J connectivity index is 2.11. The molecule has 2 aromatic rings. The third kappa shape index (κ3) is 5.07. The average molecular weight is 330 g/mol. The third-order valence-corrected chi connectivity index (χ3v) is 4.84. The van der Waals surface area contributed by atoms with E-state index in [1.165, 1.54) is 6.08 Å². The number of carbonyl (C=O) groups is 1. The first-order chi connectivity index (χ1) is 11.0. The van der Waals surface area contributed by atoms with Gasteiger partial charge in [0, 0.05) is 6.08 Å². The van der Waals surface area contributed by atoms with Crippen molar-refractivity contribution in [3.05, 3.63) is 71.8 Å². The van der Waals surface area contributed by atoms with Crippen molar-refractivity contribution in [2.24, 2.45) is 0 Å². The van der Waals surface area contributed by atoms with Crippen LogP contribution in [0.2, 0.25) is 0 Å². The van der Waals surface area contributed by atoms with Gasteiger partial charge in [-0.1, -0.05) is 42.5 Å². The van der Waals surface area contributed by atoms with Crippen LogP contribution in [0.5, 0.6) is 0 Å². The van der Waals surface area contributed by atoms with Gasteiger partial charge in [0.05, 0.1) is 17.3 Å². The minimum absolute atomic E-state index is 0.0359. The van der Waals surface area contributed by atoms with Gasteiger partial charge in [0.2, 0.25) is 0 Å². The second-order valence-corrected chi connectivity index (χ2v) is 6.89. The molecule has 0 bridgehead atoms. The molecule has 0 aromatic heterocycles. The van der Waals surface area contributed by atoms with Gasteiger partial charge in [0.25, 0.3) is 0 Å². The maximum atomic E-state index is 12.4. The van der Waals surface area contributed by atoms with Crippen LogP contribution in [0.4, 0.5) is 0 Å². The second-order valence-electron chi connectivity index (χ2n) is 4.90. The predicted octanol–water partition coefficient (Wildman–Crippen LogP) is 3.24. The summed E-state index contributed by atoms with van der Waals surface area (Å²) in [5.74, 6) is -0.459. The first-order valence-corrected chi connectivity index (χ1v) is 8.88. The van der Waals surface area contributed by atoms with Crippen LogP contribution in [0.15, 0.2) is 65.6 Å². The smallest absolute Gasteiger partial charge is 0.330 e. The van der Waals surface area contributed by atoms with Crippen LogP contribution < -0.4 is 0 Å². The van der Waals surface area contributed by atoms with Crippen molar-refractivity contribution in [1.82, 2.24) is 0 Å². The van der Waals surface area contributed by atoms with Crippen LogP contribution in [-0.4, -0.2) is 21.0 Å². The van der Waals surface area contributed by atoms with Gasteiger partial charge in [-0.2, -0.15) is 0 Å². The fraction of sp³-hybridized carbons (Fsp3) is 0.167. The summed E-state index contributed by atoms with van der Waals surface area (Å²) in [4.78, 5) is 11.5. The number of benzene rings is 2. The fourth-order valence-electron chi connectivity index (χ4n) is 2.02. The van der Waals surface area contributed by atoms with Crippen LogP contribution in [0.1, 0.15) is 18.1 Å². The topological polar surface area (TPSA) is 60.4 Å². The Bertz CT molecular complexity index is 776. The van der Waals surface area contributed by atoms with E-state index in [0.29, 0.717) is 6.61 Å². The number of rotatable bonds is 6. The van der Waals surface area contributed by atoms with Gasteiger partial charge in [-0.25, -0.2) is 13.2 Å². The standard InChI is InChI=1S/C18H18O4S/c1-2-22-18(19)13-10-15-8-11-17(12-9-15)23(20,21)14-16-6-4-3-5-7-16/h3-13H,2,14H2,1H3. The molecule has 0 heterocycles. The zero-order valence-electron chi connectivity index (χ0n) is 12.8. The molecular weight excluding hydrogens is 312 g/mol. The van der Waals surface area contributed by atoms with Gasteiger partial charge < -0.3 is 4.74 Å². The Hall–Kier alpha value is -2.40. The van der Waals surface area contributed by atoms with Crippen LogP contribution in [0.25, 0.3) is 6.08 Å². The number of hydrogen-bond donors (Lipinski definition) is 0. The van der Waals surface area contributed by atoms with E-state index in [1.54, 1.807) is 49.4 Å². The van der Waals surface area contributed by atoms with Crippen LogP contribution in [0, 0.1) is 0 Å². The molecule has 0 saturated heterocycles. The SMILES string of the molecule is CCOC(=O)C=Cc1ccc(S(=O)(=O)Cc2ccccc2)cc1. The van der Waals surface area contributed by atoms with E-state index in [1.807, 2.05) is 18.2 Å². The Morgan fingerprint density at radius 2 is 1.70 bits per heavy atom. The zero-order valence-corrected chi connectivity index (χ0v) is 13.6. The summed E-state index contributed by atoms with van der Waals surface area (Å²) in [6.07, 6.45) is 2.91. The Kier molecular flexibility index (Phi) is 5.71. The number of ether oxygens (including phenoxy) is 1. The zero-order chi connectivity index (χ0) is 16.7. The fourth-order valence-corrected chi connectivity index (χ4v) is 3.37. The van der Waals surface area contributed by atoms with Gasteiger partial charge in [-0.15, -0.1) is 0 Å². The molecule has 0 radical (unpaired) electrons. The summed E-state index contributed by atoms with van der Waals surface area (Å²) in [6, 6.07) is 15.5. The third-order valence-electron chi connectivity index (χ3n) is 3.14. The number of sulfone groups is 1. The summed E-state index contributed by atoms with van der Waals surface area (Å²) in [5.41, 5.74) is 1.48. The van der Waals surface area contributed by atoms with Gasteiger partial charge in [-0.3, -0.25) is 0 Å². The lowest BCUT2D eigenvalue weighted by Crippen LogP contribution is -2.04. The highest BCUT2D eigenvalue weighted by Crippen LogP contribution is 2.17. The van der Waals surface area contributed by atoms with E-state index in [2.05, 4.69) is 0 Å². The molecule has 5 heteroatoms. The summed E-state index contributed by atoms with van der Waals surface area (Å²) >= 11 is 0. The van der Waals surface area contributed by atoms with Crippen LogP contribution in [-0.2, 0) is 25.1 Å². The molecule has 0 N–H and O–H groups in total. The molecule has 0 aliphatic carbocycles. The van der Waals surface area contributed by atoms with E-state index in [4.69, 9.17) is 4.74 Å².